The summed E-state index contributed by atoms with van der Waals surface area (Å²) in [6.07, 6.45) is 10.4. The zero-order valence-corrected chi connectivity index (χ0v) is 15.1. The van der Waals surface area contributed by atoms with Gasteiger partial charge in [0, 0.05) is 22.3 Å². The molecular formula is C19H18BrClN2. The molecule has 0 N–H and O–H groups in total. The van der Waals surface area contributed by atoms with Crippen molar-refractivity contribution in [1.29, 1.82) is 0 Å². The maximum atomic E-state index is 6.05. The third kappa shape index (κ3) is 2.70. The van der Waals surface area contributed by atoms with Gasteiger partial charge in [0.1, 0.15) is 0 Å². The third-order valence-electron chi connectivity index (χ3n) is 4.85. The average Bonchev–Trinajstić information content (AvgIpc) is 2.88. The average molecular weight is 390 g/mol. The molecule has 1 aliphatic rings. The van der Waals surface area contributed by atoms with Gasteiger partial charge in [0.05, 0.1) is 16.3 Å². The molecule has 1 saturated carbocycles. The van der Waals surface area contributed by atoms with E-state index in [0.29, 0.717) is 5.92 Å². The van der Waals surface area contributed by atoms with E-state index in [9.17, 15) is 0 Å². The lowest BCUT2D eigenvalue weighted by atomic mass is 9.84. The fourth-order valence-corrected chi connectivity index (χ4v) is 4.81. The number of halogens is 2. The summed E-state index contributed by atoms with van der Waals surface area (Å²) in [4.78, 5) is 4.35. The number of pyridine rings is 1. The van der Waals surface area contributed by atoms with Crippen LogP contribution in [0, 0.1) is 0 Å². The van der Waals surface area contributed by atoms with Crippen LogP contribution in [0.5, 0.6) is 0 Å². The highest BCUT2D eigenvalue weighted by Crippen LogP contribution is 2.43. The summed E-state index contributed by atoms with van der Waals surface area (Å²) in [6, 6.07) is 10.1. The van der Waals surface area contributed by atoms with Gasteiger partial charge in [-0.1, -0.05) is 30.9 Å². The van der Waals surface area contributed by atoms with Gasteiger partial charge < -0.3 is 4.57 Å². The molecule has 2 aromatic heterocycles. The first kappa shape index (κ1) is 15.2. The molecule has 1 aromatic carbocycles. The number of benzene rings is 1. The maximum absolute atomic E-state index is 6.05. The van der Waals surface area contributed by atoms with Crippen LogP contribution in [0.3, 0.4) is 0 Å². The zero-order chi connectivity index (χ0) is 15.8. The summed E-state index contributed by atoms with van der Waals surface area (Å²) in [5.74, 6) is 0.636. The summed E-state index contributed by atoms with van der Waals surface area (Å²) in [7, 11) is 0. The van der Waals surface area contributed by atoms with Gasteiger partial charge in [0.2, 0.25) is 0 Å². The normalized spacial score (nSPS) is 16.1. The molecule has 2 heterocycles. The van der Waals surface area contributed by atoms with E-state index >= 15 is 0 Å². The number of rotatable bonds is 2. The molecule has 0 radical (unpaired) electrons. The Kier molecular flexibility index (Phi) is 4.16. The second kappa shape index (κ2) is 6.29. The lowest BCUT2D eigenvalue weighted by molar-refractivity contribution is 0.444. The van der Waals surface area contributed by atoms with Gasteiger partial charge in [-0.15, -0.1) is 0 Å². The van der Waals surface area contributed by atoms with E-state index < -0.39 is 0 Å². The number of hydrogen-bond donors (Lipinski definition) is 0. The molecule has 0 atom stereocenters. The highest BCUT2D eigenvalue weighted by molar-refractivity contribution is 9.10. The van der Waals surface area contributed by atoms with Crippen LogP contribution in [-0.2, 0) is 0 Å². The minimum absolute atomic E-state index is 0.636. The van der Waals surface area contributed by atoms with Crippen molar-refractivity contribution in [2.75, 3.05) is 0 Å². The highest BCUT2D eigenvalue weighted by atomic mass is 79.9. The van der Waals surface area contributed by atoms with Gasteiger partial charge >= 0.3 is 0 Å². The van der Waals surface area contributed by atoms with E-state index in [4.69, 9.17) is 11.6 Å². The zero-order valence-electron chi connectivity index (χ0n) is 12.8. The lowest BCUT2D eigenvalue weighted by Crippen LogP contribution is -2.05. The molecule has 0 bridgehead atoms. The Bertz CT molecular complexity index is 832. The third-order valence-corrected chi connectivity index (χ3v) is 5.88. The fraction of sp³-hybridized carbons (Fsp3) is 0.316. The van der Waals surface area contributed by atoms with Crippen LogP contribution >= 0.6 is 27.5 Å². The van der Waals surface area contributed by atoms with E-state index in [1.54, 1.807) is 0 Å². The maximum Gasteiger partial charge on any atom is 0.0939 e. The monoisotopic (exact) mass is 388 g/mol. The standard InChI is InChI=1S/C19H18BrClN2/c20-19-18(13-4-2-1-3-5-13)16-10-11-22-12-17(16)23(19)15-8-6-14(21)7-9-15/h6-13H,1-5H2. The molecule has 0 unspecified atom stereocenters. The van der Waals surface area contributed by atoms with E-state index in [0.717, 1.165) is 20.8 Å². The van der Waals surface area contributed by atoms with Gasteiger partial charge in [-0.2, -0.15) is 0 Å². The molecule has 0 aliphatic heterocycles. The van der Waals surface area contributed by atoms with Crippen molar-refractivity contribution in [3.8, 4) is 5.69 Å². The van der Waals surface area contributed by atoms with Crippen LogP contribution in [0.25, 0.3) is 16.6 Å². The van der Waals surface area contributed by atoms with E-state index in [2.05, 4.69) is 43.7 Å². The van der Waals surface area contributed by atoms with Crippen LogP contribution in [0.2, 0.25) is 5.02 Å². The Balaban J connectivity index is 1.94. The number of hydrogen-bond acceptors (Lipinski definition) is 1. The summed E-state index contributed by atoms with van der Waals surface area (Å²) >= 11 is 9.94. The summed E-state index contributed by atoms with van der Waals surface area (Å²) in [6.45, 7) is 0. The molecule has 118 valence electrons. The van der Waals surface area contributed by atoms with Crippen molar-refractivity contribution in [3.63, 3.8) is 0 Å². The fourth-order valence-electron chi connectivity index (χ4n) is 3.75. The molecule has 4 rings (SSSR count). The first-order valence-corrected chi connectivity index (χ1v) is 9.32. The van der Waals surface area contributed by atoms with Crippen LogP contribution in [0.15, 0.2) is 47.3 Å². The molecular weight excluding hydrogens is 372 g/mol. The molecule has 1 aliphatic carbocycles. The van der Waals surface area contributed by atoms with Gasteiger partial charge in [0.15, 0.2) is 0 Å². The van der Waals surface area contributed by atoms with Crippen molar-refractivity contribution in [3.05, 3.63) is 57.9 Å². The van der Waals surface area contributed by atoms with Crippen molar-refractivity contribution in [2.45, 2.75) is 38.0 Å². The summed E-state index contributed by atoms with van der Waals surface area (Å²) in [5, 5.41) is 2.07. The van der Waals surface area contributed by atoms with Crippen LogP contribution in [-0.4, -0.2) is 9.55 Å². The Labute approximate surface area is 149 Å². The highest BCUT2D eigenvalue weighted by Gasteiger charge is 2.25. The second-order valence-electron chi connectivity index (χ2n) is 6.24. The molecule has 3 aromatic rings. The van der Waals surface area contributed by atoms with E-state index in [-0.39, 0.29) is 0 Å². The minimum atomic E-state index is 0.636. The molecule has 1 fully saturated rings. The Morgan fingerprint density at radius 2 is 1.78 bits per heavy atom. The van der Waals surface area contributed by atoms with Crippen molar-refractivity contribution >= 4 is 38.4 Å². The number of aromatic nitrogens is 2. The van der Waals surface area contributed by atoms with Crippen LogP contribution in [0.1, 0.15) is 43.6 Å². The second-order valence-corrected chi connectivity index (χ2v) is 7.43. The Hall–Kier alpha value is -1.32. The van der Waals surface area contributed by atoms with Crippen LogP contribution in [0.4, 0.5) is 0 Å². The van der Waals surface area contributed by atoms with Crippen molar-refractivity contribution in [2.24, 2.45) is 0 Å². The molecule has 2 nitrogen and oxygen atoms in total. The van der Waals surface area contributed by atoms with Crippen molar-refractivity contribution < 1.29 is 0 Å². The molecule has 4 heteroatoms. The SMILES string of the molecule is Clc1ccc(-n2c(Br)c(C3CCCCC3)c3ccncc32)cc1. The Morgan fingerprint density at radius 1 is 1.04 bits per heavy atom. The van der Waals surface area contributed by atoms with E-state index in [1.807, 2.05) is 24.5 Å². The molecule has 0 amide bonds. The van der Waals surface area contributed by atoms with Gasteiger partial charge in [0.25, 0.3) is 0 Å². The minimum Gasteiger partial charge on any atom is -0.302 e. The molecule has 0 spiro atoms. The quantitative estimate of drug-likeness (QED) is 0.490. The lowest BCUT2D eigenvalue weighted by Gasteiger charge is -2.22. The number of fused-ring (bicyclic) bond motifs is 1. The van der Waals surface area contributed by atoms with Gasteiger partial charge in [-0.05, 0) is 70.6 Å². The summed E-state index contributed by atoms with van der Waals surface area (Å²) < 4.78 is 3.41. The Morgan fingerprint density at radius 3 is 2.52 bits per heavy atom. The predicted octanol–water partition coefficient (Wildman–Crippen LogP) is 6.49. The van der Waals surface area contributed by atoms with Crippen molar-refractivity contribution in [1.82, 2.24) is 9.55 Å². The van der Waals surface area contributed by atoms with Gasteiger partial charge in [-0.25, -0.2) is 0 Å². The first-order chi connectivity index (χ1) is 11.3. The molecule has 0 saturated heterocycles. The number of nitrogens with zero attached hydrogens (tertiary/aromatic N) is 2. The van der Waals surface area contributed by atoms with Gasteiger partial charge in [-0.3, -0.25) is 4.98 Å². The predicted molar refractivity (Wildman–Crippen MR) is 99.6 cm³/mol. The van der Waals surface area contributed by atoms with E-state index in [1.165, 1.54) is 43.1 Å². The smallest absolute Gasteiger partial charge is 0.0939 e. The van der Waals surface area contributed by atoms with Crippen LogP contribution < -0.4 is 0 Å². The molecule has 23 heavy (non-hydrogen) atoms. The first-order valence-electron chi connectivity index (χ1n) is 8.15. The topological polar surface area (TPSA) is 17.8 Å². The largest absolute Gasteiger partial charge is 0.302 e. The summed E-state index contributed by atoms with van der Waals surface area (Å²) in [5.41, 5.74) is 3.71.